The summed E-state index contributed by atoms with van der Waals surface area (Å²) >= 11 is 1.71. The van der Waals surface area contributed by atoms with E-state index in [2.05, 4.69) is 16.7 Å². The summed E-state index contributed by atoms with van der Waals surface area (Å²) in [6, 6.07) is 0. The zero-order chi connectivity index (χ0) is 13.2. The smallest absolute Gasteiger partial charge is 0.185 e. The van der Waals surface area contributed by atoms with E-state index < -0.39 is 0 Å². The van der Waals surface area contributed by atoms with Gasteiger partial charge >= 0.3 is 0 Å². The fourth-order valence-corrected chi connectivity index (χ4v) is 4.18. The van der Waals surface area contributed by atoms with Gasteiger partial charge in [0.05, 0.1) is 16.7 Å². The molecule has 2 heterocycles. The zero-order valence-electron chi connectivity index (χ0n) is 11.6. The molecule has 1 aromatic rings. The first kappa shape index (κ1) is 13.3. The summed E-state index contributed by atoms with van der Waals surface area (Å²) < 4.78 is 0. The standard InChI is InChI=1S/C14H23N3OS/c1-2-6-16-7-9-17(10-8-16)14-15-11-4-3-5-12(18)13(11)19-14/h12,18H,2-10H2,1H3. The van der Waals surface area contributed by atoms with Crippen LogP contribution in [-0.4, -0.2) is 47.7 Å². The molecule has 4 nitrogen and oxygen atoms in total. The number of fused-ring (bicyclic) bond motifs is 1. The Bertz CT molecular complexity index is 426. The number of aliphatic hydroxyl groups is 1. The van der Waals surface area contributed by atoms with Gasteiger partial charge in [-0.05, 0) is 32.2 Å². The Balaban J connectivity index is 1.67. The van der Waals surface area contributed by atoms with Gasteiger partial charge < -0.3 is 10.0 Å². The van der Waals surface area contributed by atoms with Crippen LogP contribution in [0.1, 0.15) is 42.9 Å². The second kappa shape index (κ2) is 5.77. The zero-order valence-corrected chi connectivity index (χ0v) is 12.5. The number of hydrogen-bond acceptors (Lipinski definition) is 5. The molecule has 1 N–H and O–H groups in total. The van der Waals surface area contributed by atoms with Gasteiger partial charge in [-0.3, -0.25) is 4.90 Å². The monoisotopic (exact) mass is 281 g/mol. The molecule has 1 unspecified atom stereocenters. The number of aryl methyl sites for hydroxylation is 1. The van der Waals surface area contributed by atoms with Crippen molar-refractivity contribution in [1.82, 2.24) is 9.88 Å². The molecule has 1 aliphatic carbocycles. The second-order valence-corrected chi connectivity index (χ2v) is 6.55. The first-order valence-corrected chi connectivity index (χ1v) is 8.24. The Hall–Kier alpha value is -0.650. The van der Waals surface area contributed by atoms with Crippen molar-refractivity contribution in [3.8, 4) is 0 Å². The second-order valence-electron chi connectivity index (χ2n) is 5.54. The van der Waals surface area contributed by atoms with Gasteiger partial charge in [0.25, 0.3) is 0 Å². The molecule has 2 aliphatic rings. The fourth-order valence-electron chi connectivity index (χ4n) is 3.00. The number of anilines is 1. The molecule has 0 radical (unpaired) electrons. The molecule has 1 aliphatic heterocycles. The Morgan fingerprint density at radius 2 is 2.11 bits per heavy atom. The van der Waals surface area contributed by atoms with Crippen LogP contribution in [0.3, 0.4) is 0 Å². The van der Waals surface area contributed by atoms with Gasteiger partial charge in [0.2, 0.25) is 0 Å². The van der Waals surface area contributed by atoms with Crippen LogP contribution in [0.4, 0.5) is 5.13 Å². The van der Waals surface area contributed by atoms with E-state index in [1.165, 1.54) is 13.0 Å². The van der Waals surface area contributed by atoms with E-state index in [4.69, 9.17) is 4.98 Å². The predicted molar refractivity (Wildman–Crippen MR) is 79.0 cm³/mol. The van der Waals surface area contributed by atoms with Gasteiger partial charge in [-0.1, -0.05) is 18.3 Å². The maximum Gasteiger partial charge on any atom is 0.185 e. The van der Waals surface area contributed by atoms with Gasteiger partial charge in [0.1, 0.15) is 0 Å². The van der Waals surface area contributed by atoms with Gasteiger partial charge in [-0.25, -0.2) is 4.98 Å². The Morgan fingerprint density at radius 3 is 2.79 bits per heavy atom. The fraction of sp³-hybridized carbons (Fsp3) is 0.786. The number of hydrogen-bond donors (Lipinski definition) is 1. The third-order valence-electron chi connectivity index (χ3n) is 4.09. The summed E-state index contributed by atoms with van der Waals surface area (Å²) in [5, 5.41) is 11.2. The topological polar surface area (TPSA) is 39.6 Å². The molecule has 0 spiro atoms. The van der Waals surface area contributed by atoms with Crippen LogP contribution in [0.2, 0.25) is 0 Å². The quantitative estimate of drug-likeness (QED) is 0.920. The lowest BCUT2D eigenvalue weighted by atomic mass is 10.0. The van der Waals surface area contributed by atoms with E-state index in [-0.39, 0.29) is 6.10 Å². The number of piperazine rings is 1. The molecule has 1 saturated heterocycles. The molecule has 0 bridgehead atoms. The number of thiazole rings is 1. The van der Waals surface area contributed by atoms with Gasteiger partial charge in [0, 0.05) is 26.2 Å². The van der Waals surface area contributed by atoms with Crippen LogP contribution in [0.5, 0.6) is 0 Å². The summed E-state index contributed by atoms with van der Waals surface area (Å²) in [6.07, 6.45) is 3.98. The van der Waals surface area contributed by atoms with E-state index >= 15 is 0 Å². The minimum Gasteiger partial charge on any atom is -0.388 e. The molecule has 1 atom stereocenters. The summed E-state index contributed by atoms with van der Waals surface area (Å²) in [4.78, 5) is 10.8. The maximum atomic E-state index is 10.0. The van der Waals surface area contributed by atoms with Crippen molar-refractivity contribution in [2.24, 2.45) is 0 Å². The largest absolute Gasteiger partial charge is 0.388 e. The minimum absolute atomic E-state index is 0.267. The summed E-state index contributed by atoms with van der Waals surface area (Å²) in [5.41, 5.74) is 1.15. The van der Waals surface area contributed by atoms with Crippen molar-refractivity contribution in [3.63, 3.8) is 0 Å². The lowest BCUT2D eigenvalue weighted by molar-refractivity contribution is 0.160. The molecule has 0 aromatic carbocycles. The Labute approximate surface area is 119 Å². The van der Waals surface area contributed by atoms with Crippen molar-refractivity contribution >= 4 is 16.5 Å². The molecule has 1 aromatic heterocycles. The number of rotatable bonds is 3. The normalized spacial score (nSPS) is 24.5. The van der Waals surface area contributed by atoms with Crippen LogP contribution in [0.15, 0.2) is 0 Å². The van der Waals surface area contributed by atoms with Gasteiger partial charge in [-0.2, -0.15) is 0 Å². The van der Waals surface area contributed by atoms with Crippen LogP contribution in [0.25, 0.3) is 0 Å². The number of nitrogens with zero attached hydrogens (tertiary/aromatic N) is 3. The third kappa shape index (κ3) is 2.78. The van der Waals surface area contributed by atoms with E-state index in [0.29, 0.717) is 0 Å². The highest BCUT2D eigenvalue weighted by molar-refractivity contribution is 7.15. The molecular formula is C14H23N3OS. The maximum absolute atomic E-state index is 10.0. The molecule has 0 saturated carbocycles. The Kier molecular flexibility index (Phi) is 4.05. The number of aliphatic hydroxyl groups excluding tert-OH is 1. The first-order valence-electron chi connectivity index (χ1n) is 7.43. The first-order chi connectivity index (χ1) is 9.28. The van der Waals surface area contributed by atoms with E-state index in [9.17, 15) is 5.11 Å². The lowest BCUT2D eigenvalue weighted by Gasteiger charge is -2.34. The van der Waals surface area contributed by atoms with Crippen molar-refractivity contribution in [2.75, 3.05) is 37.6 Å². The predicted octanol–water partition coefficient (Wildman–Crippen LogP) is 2.04. The highest BCUT2D eigenvalue weighted by Crippen LogP contribution is 2.37. The summed E-state index contributed by atoms with van der Waals surface area (Å²) in [7, 11) is 0. The molecule has 5 heteroatoms. The molecule has 1 fully saturated rings. The van der Waals surface area contributed by atoms with Crippen molar-refractivity contribution < 1.29 is 5.11 Å². The van der Waals surface area contributed by atoms with Gasteiger partial charge in [-0.15, -0.1) is 0 Å². The average Bonchev–Trinajstić information content (AvgIpc) is 2.85. The average molecular weight is 281 g/mol. The third-order valence-corrected chi connectivity index (χ3v) is 5.35. The van der Waals surface area contributed by atoms with E-state index in [1.54, 1.807) is 11.3 Å². The van der Waals surface area contributed by atoms with Crippen LogP contribution in [0, 0.1) is 0 Å². The van der Waals surface area contributed by atoms with Crippen LogP contribution in [-0.2, 0) is 6.42 Å². The SMILES string of the molecule is CCCN1CCN(c2nc3c(s2)C(O)CCC3)CC1. The summed E-state index contributed by atoms with van der Waals surface area (Å²) in [6.45, 7) is 7.87. The molecule has 3 rings (SSSR count). The van der Waals surface area contributed by atoms with Crippen LogP contribution >= 0.6 is 11.3 Å². The molecule has 0 amide bonds. The van der Waals surface area contributed by atoms with E-state index in [0.717, 1.165) is 61.1 Å². The minimum atomic E-state index is -0.267. The number of aromatic nitrogens is 1. The van der Waals surface area contributed by atoms with Crippen LogP contribution < -0.4 is 4.90 Å². The summed E-state index contributed by atoms with van der Waals surface area (Å²) in [5.74, 6) is 0. The molecular weight excluding hydrogens is 258 g/mol. The van der Waals surface area contributed by atoms with Crippen molar-refractivity contribution in [3.05, 3.63) is 10.6 Å². The molecule has 19 heavy (non-hydrogen) atoms. The highest BCUT2D eigenvalue weighted by Gasteiger charge is 2.26. The van der Waals surface area contributed by atoms with Crippen molar-refractivity contribution in [2.45, 2.75) is 38.7 Å². The van der Waals surface area contributed by atoms with Crippen molar-refractivity contribution in [1.29, 1.82) is 0 Å². The van der Waals surface area contributed by atoms with Gasteiger partial charge in [0.15, 0.2) is 5.13 Å². The Morgan fingerprint density at radius 1 is 1.32 bits per heavy atom. The highest BCUT2D eigenvalue weighted by atomic mass is 32.1. The van der Waals surface area contributed by atoms with E-state index in [1.807, 2.05) is 0 Å². The lowest BCUT2D eigenvalue weighted by Crippen LogP contribution is -2.46. The molecule has 106 valence electrons.